The van der Waals surface area contributed by atoms with Crippen molar-refractivity contribution >= 4 is 32.4 Å². The Balaban J connectivity index is 1.33. The van der Waals surface area contributed by atoms with Crippen molar-refractivity contribution < 1.29 is 0 Å². The summed E-state index contributed by atoms with van der Waals surface area (Å²) in [5, 5.41) is 5.51. The highest BCUT2D eigenvalue weighted by Gasteiger charge is 2.24. The topological polar surface area (TPSA) is 40.5 Å². The van der Waals surface area contributed by atoms with Crippen molar-refractivity contribution in [1.29, 1.82) is 0 Å². The fourth-order valence-electron chi connectivity index (χ4n) is 3.75. The first-order valence-electron chi connectivity index (χ1n) is 8.79. The van der Waals surface area contributed by atoms with Crippen LogP contribution in [-0.4, -0.2) is 34.7 Å². The van der Waals surface area contributed by atoms with Gasteiger partial charge in [-0.25, -0.2) is 4.98 Å². The van der Waals surface area contributed by atoms with E-state index in [4.69, 9.17) is 0 Å². The molecule has 5 heteroatoms. The number of para-hydroxylation sites is 1. The molecule has 0 unspecified atom stereocenters. The lowest BCUT2D eigenvalue weighted by atomic mass is 9.92. The van der Waals surface area contributed by atoms with Crippen LogP contribution in [0.15, 0.2) is 29.4 Å². The van der Waals surface area contributed by atoms with Gasteiger partial charge in [0.2, 0.25) is 5.13 Å². The van der Waals surface area contributed by atoms with E-state index in [2.05, 4.69) is 32.5 Å². The maximum absolute atomic E-state index is 4.62. The van der Waals surface area contributed by atoms with Gasteiger partial charge in [-0.3, -0.25) is 10.3 Å². The summed E-state index contributed by atoms with van der Waals surface area (Å²) in [5.74, 6) is 0. The number of hydrazone groups is 1. The number of nitrogens with one attached hydrogen (secondary N) is 1. The van der Waals surface area contributed by atoms with Crippen LogP contribution in [0.4, 0.5) is 5.13 Å². The van der Waals surface area contributed by atoms with Crippen molar-refractivity contribution in [2.75, 3.05) is 18.5 Å². The summed E-state index contributed by atoms with van der Waals surface area (Å²) in [6.07, 6.45) is 9.25. The molecule has 1 aliphatic heterocycles. The Morgan fingerprint density at radius 1 is 1.09 bits per heavy atom. The normalized spacial score (nSPS) is 20.8. The van der Waals surface area contributed by atoms with Gasteiger partial charge in [0.15, 0.2) is 0 Å². The molecule has 2 aliphatic rings. The summed E-state index contributed by atoms with van der Waals surface area (Å²) in [5.41, 5.74) is 5.51. The first-order chi connectivity index (χ1) is 11.4. The molecule has 1 aliphatic carbocycles. The number of aromatic nitrogens is 1. The third-order valence-electron chi connectivity index (χ3n) is 5.07. The van der Waals surface area contributed by atoms with Crippen LogP contribution in [0.3, 0.4) is 0 Å². The minimum Gasteiger partial charge on any atom is -0.300 e. The highest BCUT2D eigenvalue weighted by molar-refractivity contribution is 7.22. The molecule has 23 heavy (non-hydrogen) atoms. The average Bonchev–Trinajstić information content (AvgIpc) is 3.04. The summed E-state index contributed by atoms with van der Waals surface area (Å²) in [6, 6.07) is 9.07. The van der Waals surface area contributed by atoms with Gasteiger partial charge in [0.05, 0.1) is 10.2 Å². The molecule has 1 aromatic carbocycles. The average molecular weight is 328 g/mol. The molecule has 0 bridgehead atoms. The first kappa shape index (κ1) is 15.1. The van der Waals surface area contributed by atoms with Gasteiger partial charge in [-0.05, 0) is 25.0 Å². The van der Waals surface area contributed by atoms with E-state index in [9.17, 15) is 0 Å². The highest BCUT2D eigenvalue weighted by atomic mass is 32.1. The molecule has 0 amide bonds. The summed E-state index contributed by atoms with van der Waals surface area (Å²) < 4.78 is 1.21. The van der Waals surface area contributed by atoms with Gasteiger partial charge < -0.3 is 0 Å². The lowest BCUT2D eigenvalue weighted by Gasteiger charge is -2.37. The molecule has 1 saturated heterocycles. The van der Waals surface area contributed by atoms with E-state index in [1.165, 1.54) is 55.6 Å². The maximum Gasteiger partial charge on any atom is 0.204 e. The van der Waals surface area contributed by atoms with Crippen LogP contribution in [0, 0.1) is 0 Å². The molecule has 4 rings (SSSR count). The predicted octanol–water partition coefficient (Wildman–Crippen LogP) is 4.49. The fourth-order valence-corrected chi connectivity index (χ4v) is 4.56. The molecule has 2 aromatic rings. The minimum absolute atomic E-state index is 0.836. The number of nitrogens with zero attached hydrogens (tertiary/aromatic N) is 3. The molecular weight excluding hydrogens is 304 g/mol. The van der Waals surface area contributed by atoms with Crippen molar-refractivity contribution in [3.63, 3.8) is 0 Å². The molecule has 2 fully saturated rings. The van der Waals surface area contributed by atoms with Crippen LogP contribution in [-0.2, 0) is 0 Å². The molecule has 1 aromatic heterocycles. The number of hydrogen-bond acceptors (Lipinski definition) is 5. The highest BCUT2D eigenvalue weighted by Crippen LogP contribution is 2.26. The Labute approximate surface area is 141 Å². The number of benzene rings is 1. The van der Waals surface area contributed by atoms with Gasteiger partial charge in [-0.2, -0.15) is 5.10 Å². The van der Waals surface area contributed by atoms with E-state index in [1.54, 1.807) is 11.3 Å². The molecule has 0 atom stereocenters. The second-order valence-corrected chi connectivity index (χ2v) is 7.64. The minimum atomic E-state index is 0.836. The van der Waals surface area contributed by atoms with Crippen LogP contribution < -0.4 is 5.43 Å². The van der Waals surface area contributed by atoms with Crippen LogP contribution in [0.25, 0.3) is 10.2 Å². The van der Waals surface area contributed by atoms with Crippen molar-refractivity contribution in [3.05, 3.63) is 24.3 Å². The molecule has 1 N–H and O–H groups in total. The van der Waals surface area contributed by atoms with Crippen LogP contribution in [0.1, 0.15) is 44.9 Å². The van der Waals surface area contributed by atoms with Crippen molar-refractivity contribution in [3.8, 4) is 0 Å². The number of fused-ring (bicyclic) bond motifs is 1. The standard InChI is InChI=1S/C18H24N4S/c1-2-6-15(7-3-1)22-12-10-14(11-13-22)20-21-18-19-16-8-4-5-9-17(16)23-18/h4-5,8-9,15H,1-3,6-7,10-13H2,(H,19,21). The third-order valence-corrected chi connectivity index (χ3v) is 6.01. The van der Waals surface area contributed by atoms with E-state index in [0.717, 1.165) is 29.5 Å². The third kappa shape index (κ3) is 3.56. The Morgan fingerprint density at radius 2 is 1.87 bits per heavy atom. The lowest BCUT2D eigenvalue weighted by molar-refractivity contribution is 0.156. The Hall–Kier alpha value is -1.46. The summed E-state index contributed by atoms with van der Waals surface area (Å²) in [7, 11) is 0. The van der Waals surface area contributed by atoms with E-state index < -0.39 is 0 Å². The van der Waals surface area contributed by atoms with Gasteiger partial charge in [0.25, 0.3) is 0 Å². The Morgan fingerprint density at radius 3 is 2.65 bits per heavy atom. The van der Waals surface area contributed by atoms with E-state index >= 15 is 0 Å². The summed E-state index contributed by atoms with van der Waals surface area (Å²) in [6.45, 7) is 2.34. The smallest absolute Gasteiger partial charge is 0.204 e. The van der Waals surface area contributed by atoms with Crippen LogP contribution >= 0.6 is 11.3 Å². The molecule has 2 heterocycles. The predicted molar refractivity (Wildman–Crippen MR) is 98.4 cm³/mol. The number of thiazole rings is 1. The zero-order chi connectivity index (χ0) is 15.5. The fraction of sp³-hybridized carbons (Fsp3) is 0.556. The molecule has 0 spiro atoms. The van der Waals surface area contributed by atoms with E-state index in [1.807, 2.05) is 12.1 Å². The molecule has 1 saturated carbocycles. The lowest BCUT2D eigenvalue weighted by Crippen LogP contribution is -2.42. The first-order valence-corrected chi connectivity index (χ1v) is 9.61. The zero-order valence-corrected chi connectivity index (χ0v) is 14.3. The Kier molecular flexibility index (Phi) is 4.57. The van der Waals surface area contributed by atoms with Crippen LogP contribution in [0.2, 0.25) is 0 Å². The van der Waals surface area contributed by atoms with Gasteiger partial charge in [0.1, 0.15) is 0 Å². The largest absolute Gasteiger partial charge is 0.300 e. The van der Waals surface area contributed by atoms with E-state index in [0.29, 0.717) is 0 Å². The number of piperidine rings is 1. The van der Waals surface area contributed by atoms with Crippen molar-refractivity contribution in [2.45, 2.75) is 51.0 Å². The van der Waals surface area contributed by atoms with Gasteiger partial charge in [-0.1, -0.05) is 42.7 Å². The van der Waals surface area contributed by atoms with Gasteiger partial charge in [0, 0.05) is 37.7 Å². The zero-order valence-electron chi connectivity index (χ0n) is 13.5. The van der Waals surface area contributed by atoms with E-state index in [-0.39, 0.29) is 0 Å². The van der Waals surface area contributed by atoms with Gasteiger partial charge in [-0.15, -0.1) is 0 Å². The monoisotopic (exact) mass is 328 g/mol. The second-order valence-electron chi connectivity index (χ2n) is 6.60. The number of rotatable bonds is 3. The summed E-state index contributed by atoms with van der Waals surface area (Å²) >= 11 is 1.67. The van der Waals surface area contributed by atoms with Gasteiger partial charge >= 0.3 is 0 Å². The second kappa shape index (κ2) is 6.97. The quantitative estimate of drug-likeness (QED) is 0.844. The van der Waals surface area contributed by atoms with Crippen molar-refractivity contribution in [2.24, 2.45) is 5.10 Å². The SMILES string of the molecule is c1ccc2sc(NN=C3CCN(C4CCCCC4)CC3)nc2c1. The number of anilines is 1. The van der Waals surface area contributed by atoms with Crippen molar-refractivity contribution in [1.82, 2.24) is 9.88 Å². The Bertz CT molecular complexity index is 644. The molecule has 4 nitrogen and oxygen atoms in total. The number of likely N-dealkylation sites (tertiary alicyclic amines) is 1. The molecule has 122 valence electrons. The van der Waals surface area contributed by atoms with Crippen LogP contribution in [0.5, 0.6) is 0 Å². The summed E-state index contributed by atoms with van der Waals surface area (Å²) in [4.78, 5) is 7.27. The molecular formula is C18H24N4S. The maximum atomic E-state index is 4.62. The number of hydrogen-bond donors (Lipinski definition) is 1. The molecule has 0 radical (unpaired) electrons.